The van der Waals surface area contributed by atoms with Crippen molar-refractivity contribution < 1.29 is 22.7 Å². The summed E-state index contributed by atoms with van der Waals surface area (Å²) in [6.07, 6.45) is -3.27. The molecule has 1 aromatic heterocycles. The fourth-order valence-corrected chi connectivity index (χ4v) is 1.67. The van der Waals surface area contributed by atoms with Crippen molar-refractivity contribution in [2.45, 2.75) is 24.6 Å². The topological polar surface area (TPSA) is 77.2 Å². The third-order valence-electron chi connectivity index (χ3n) is 3.00. The quantitative estimate of drug-likeness (QED) is 0.824. The maximum absolute atomic E-state index is 12.8. The molecule has 0 atom stereocenters. The van der Waals surface area contributed by atoms with Crippen molar-refractivity contribution in [2.24, 2.45) is 0 Å². The second-order valence-electron chi connectivity index (χ2n) is 4.35. The van der Waals surface area contributed by atoms with Gasteiger partial charge < -0.3 is 15.8 Å². The Balaban J connectivity index is 2.26. The Morgan fingerprint density at radius 3 is 2.63 bits per heavy atom. The lowest BCUT2D eigenvalue weighted by atomic mass is 10.2. The fourth-order valence-electron chi connectivity index (χ4n) is 1.67. The Morgan fingerprint density at radius 1 is 1.53 bits per heavy atom. The average Bonchev–Trinajstić information content (AvgIpc) is 3.11. The predicted molar refractivity (Wildman–Crippen MR) is 61.6 cm³/mol. The van der Waals surface area contributed by atoms with Crippen LogP contribution in [0.15, 0.2) is 12.3 Å². The predicted octanol–water partition coefficient (Wildman–Crippen LogP) is 1.96. The van der Waals surface area contributed by atoms with Crippen molar-refractivity contribution in [3.8, 4) is 0 Å². The number of carbonyl (C=O) groups excluding carboxylic acids is 1. The summed E-state index contributed by atoms with van der Waals surface area (Å²) in [5.41, 5.74) is 3.61. The Bertz CT molecular complexity index is 512. The molecular weight excluding hydrogens is 263 g/mol. The standard InChI is InChI=1S/C11H12F3N3O2/c1-19-9(18)6-4-8(16-5-7(6)15)17-10(2-3-10)11(12,13)14/h4-5H,2-3,15H2,1H3,(H,16,17). The van der Waals surface area contributed by atoms with Gasteiger partial charge >= 0.3 is 12.1 Å². The van der Waals surface area contributed by atoms with E-state index in [1.165, 1.54) is 0 Å². The van der Waals surface area contributed by atoms with E-state index >= 15 is 0 Å². The second kappa shape index (κ2) is 4.29. The van der Waals surface area contributed by atoms with Gasteiger partial charge in [-0.3, -0.25) is 0 Å². The highest BCUT2D eigenvalue weighted by Crippen LogP contribution is 2.51. The number of halogens is 3. The minimum Gasteiger partial charge on any atom is -0.465 e. The van der Waals surface area contributed by atoms with Gasteiger partial charge in [0.2, 0.25) is 0 Å². The van der Waals surface area contributed by atoms with Crippen LogP contribution in [-0.4, -0.2) is 29.8 Å². The lowest BCUT2D eigenvalue weighted by Gasteiger charge is -2.21. The Hall–Kier alpha value is -1.99. The molecule has 2 rings (SSSR count). The van der Waals surface area contributed by atoms with Gasteiger partial charge in [0.25, 0.3) is 0 Å². The zero-order valence-electron chi connectivity index (χ0n) is 10.0. The number of pyridine rings is 1. The van der Waals surface area contributed by atoms with Crippen LogP contribution in [-0.2, 0) is 4.74 Å². The molecule has 0 aromatic carbocycles. The molecule has 1 fully saturated rings. The summed E-state index contributed by atoms with van der Waals surface area (Å²) in [5.74, 6) is -0.774. The number of rotatable bonds is 3. The van der Waals surface area contributed by atoms with Crippen LogP contribution < -0.4 is 11.1 Å². The lowest BCUT2D eigenvalue weighted by Crippen LogP contribution is -2.39. The lowest BCUT2D eigenvalue weighted by molar-refractivity contribution is -0.151. The van der Waals surface area contributed by atoms with Crippen molar-refractivity contribution >= 4 is 17.5 Å². The summed E-state index contributed by atoms with van der Waals surface area (Å²) in [6, 6.07) is 1.16. The van der Waals surface area contributed by atoms with Crippen molar-refractivity contribution in [3.63, 3.8) is 0 Å². The van der Waals surface area contributed by atoms with Crippen LogP contribution in [0.2, 0.25) is 0 Å². The first-order valence-electron chi connectivity index (χ1n) is 5.48. The number of anilines is 2. The van der Waals surface area contributed by atoms with E-state index < -0.39 is 17.7 Å². The molecule has 0 aliphatic heterocycles. The van der Waals surface area contributed by atoms with E-state index in [0.29, 0.717) is 0 Å². The first-order valence-corrected chi connectivity index (χ1v) is 5.48. The van der Waals surface area contributed by atoms with Crippen LogP contribution in [0.1, 0.15) is 23.2 Å². The fraction of sp³-hybridized carbons (Fsp3) is 0.455. The molecule has 1 heterocycles. The molecule has 1 saturated carbocycles. The van der Waals surface area contributed by atoms with Crippen LogP contribution in [0.25, 0.3) is 0 Å². The molecule has 0 saturated heterocycles. The highest BCUT2D eigenvalue weighted by molar-refractivity contribution is 5.95. The van der Waals surface area contributed by atoms with Crippen LogP contribution in [0.5, 0.6) is 0 Å². The Kier molecular flexibility index (Phi) is 3.03. The highest BCUT2D eigenvalue weighted by atomic mass is 19.4. The SMILES string of the molecule is COC(=O)c1cc(NC2(C(F)(F)F)CC2)ncc1N. The third-order valence-corrected chi connectivity index (χ3v) is 3.00. The molecule has 3 N–H and O–H groups in total. The molecule has 0 bridgehead atoms. The van der Waals surface area contributed by atoms with Gasteiger partial charge in [-0.1, -0.05) is 0 Å². The van der Waals surface area contributed by atoms with E-state index in [1.54, 1.807) is 0 Å². The molecule has 0 radical (unpaired) electrons. The molecule has 5 nitrogen and oxygen atoms in total. The number of aromatic nitrogens is 1. The zero-order valence-corrected chi connectivity index (χ0v) is 10.0. The van der Waals surface area contributed by atoms with Crippen LogP contribution in [0.3, 0.4) is 0 Å². The van der Waals surface area contributed by atoms with Gasteiger partial charge in [-0.05, 0) is 18.9 Å². The first kappa shape index (κ1) is 13.4. The van der Waals surface area contributed by atoms with Gasteiger partial charge in [0.1, 0.15) is 11.4 Å². The van der Waals surface area contributed by atoms with Crippen LogP contribution in [0, 0.1) is 0 Å². The smallest absolute Gasteiger partial charge is 0.411 e. The second-order valence-corrected chi connectivity index (χ2v) is 4.35. The number of ether oxygens (including phenoxy) is 1. The van der Waals surface area contributed by atoms with Gasteiger partial charge in [-0.2, -0.15) is 13.2 Å². The molecule has 104 valence electrons. The number of esters is 1. The summed E-state index contributed by atoms with van der Waals surface area (Å²) in [6.45, 7) is 0. The molecule has 1 aromatic rings. The van der Waals surface area contributed by atoms with Gasteiger partial charge in [0, 0.05) is 0 Å². The first-order chi connectivity index (χ1) is 8.79. The minimum absolute atomic E-state index is 0.0158. The van der Waals surface area contributed by atoms with Crippen LogP contribution >= 0.6 is 0 Å². The number of nitrogens with two attached hydrogens (primary N) is 1. The van der Waals surface area contributed by atoms with Crippen LogP contribution in [0.4, 0.5) is 24.7 Å². The Morgan fingerprint density at radius 2 is 2.16 bits per heavy atom. The highest BCUT2D eigenvalue weighted by Gasteiger charge is 2.63. The van der Waals surface area contributed by atoms with E-state index in [-0.39, 0.29) is 29.9 Å². The monoisotopic (exact) mass is 275 g/mol. The summed E-state index contributed by atoms with van der Waals surface area (Å²) in [5, 5.41) is 2.32. The molecule has 1 aliphatic carbocycles. The molecule has 0 amide bonds. The molecule has 19 heavy (non-hydrogen) atoms. The molecular formula is C11H12F3N3O2. The maximum Gasteiger partial charge on any atom is 0.411 e. The normalized spacial score (nSPS) is 16.8. The molecule has 8 heteroatoms. The van der Waals surface area contributed by atoms with E-state index in [9.17, 15) is 18.0 Å². The number of nitrogens with one attached hydrogen (secondary N) is 1. The summed E-state index contributed by atoms with van der Waals surface area (Å²) in [7, 11) is 1.16. The van der Waals surface area contributed by atoms with E-state index in [1.807, 2.05) is 0 Å². The average molecular weight is 275 g/mol. The minimum atomic E-state index is -4.36. The third kappa shape index (κ3) is 2.42. The van der Waals surface area contributed by atoms with Crippen molar-refractivity contribution in [1.82, 2.24) is 4.98 Å². The number of carbonyl (C=O) groups is 1. The van der Waals surface area contributed by atoms with Gasteiger partial charge in [-0.25, -0.2) is 9.78 Å². The van der Waals surface area contributed by atoms with Crippen molar-refractivity contribution in [1.29, 1.82) is 0 Å². The number of hydrogen-bond donors (Lipinski definition) is 2. The summed E-state index contributed by atoms with van der Waals surface area (Å²) in [4.78, 5) is 15.1. The largest absolute Gasteiger partial charge is 0.465 e. The number of nitrogen functional groups attached to an aromatic ring is 1. The van der Waals surface area contributed by atoms with Crippen molar-refractivity contribution in [3.05, 3.63) is 17.8 Å². The van der Waals surface area contributed by atoms with E-state index in [0.717, 1.165) is 19.4 Å². The maximum atomic E-state index is 12.8. The van der Waals surface area contributed by atoms with E-state index in [4.69, 9.17) is 5.73 Å². The van der Waals surface area contributed by atoms with Crippen molar-refractivity contribution in [2.75, 3.05) is 18.2 Å². The molecule has 0 spiro atoms. The number of nitrogens with zero attached hydrogens (tertiary/aromatic N) is 1. The van der Waals surface area contributed by atoms with Gasteiger partial charge in [0.15, 0.2) is 0 Å². The summed E-state index contributed by atoms with van der Waals surface area (Å²) >= 11 is 0. The summed E-state index contributed by atoms with van der Waals surface area (Å²) < 4.78 is 42.8. The van der Waals surface area contributed by atoms with Gasteiger partial charge in [-0.15, -0.1) is 0 Å². The van der Waals surface area contributed by atoms with E-state index in [2.05, 4.69) is 15.0 Å². The van der Waals surface area contributed by atoms with Gasteiger partial charge in [0.05, 0.1) is 24.6 Å². The zero-order chi connectivity index (χ0) is 14.3. The Labute approximate surface area is 106 Å². The number of alkyl halides is 3. The molecule has 1 aliphatic rings. The number of methoxy groups -OCH3 is 1. The molecule has 0 unspecified atom stereocenters. The number of hydrogen-bond acceptors (Lipinski definition) is 5.